The molecule has 0 saturated heterocycles. The van der Waals surface area contributed by atoms with Gasteiger partial charge in [-0.05, 0) is 19.3 Å². The van der Waals surface area contributed by atoms with Crippen molar-refractivity contribution in [1.82, 2.24) is 10.4 Å². The number of unbranched alkanes of at least 4 members (excludes halogenated alkanes) is 2. The second kappa shape index (κ2) is 15.2. The topological polar surface area (TPSA) is 78.6 Å². The Balaban J connectivity index is 0. The van der Waals surface area contributed by atoms with Crippen LogP contribution in [0.5, 0.6) is 0 Å². The molecule has 0 aromatic heterocycles. The van der Waals surface area contributed by atoms with E-state index in [9.17, 15) is 0 Å². The second-order valence-electron chi connectivity index (χ2n) is 3.94. The summed E-state index contributed by atoms with van der Waals surface area (Å²) in [4.78, 5) is 8.78. The van der Waals surface area contributed by atoms with Gasteiger partial charge in [0, 0.05) is 19.6 Å². The molecule has 0 aliphatic heterocycles. The third-order valence-electron chi connectivity index (χ3n) is 2.15. The third kappa shape index (κ3) is 21.1. The van der Waals surface area contributed by atoms with Crippen LogP contribution >= 0.6 is 0 Å². The predicted molar refractivity (Wildman–Crippen MR) is 71.9 cm³/mol. The molecule has 5 heteroatoms. The molecule has 0 aromatic carbocycles. The number of primary amides is 1. The lowest BCUT2D eigenvalue weighted by molar-refractivity contribution is 0.182. The molecule has 1 amide bonds. The van der Waals surface area contributed by atoms with Gasteiger partial charge in [-0.25, -0.2) is 9.80 Å². The monoisotopic (exact) mass is 247 g/mol. The van der Waals surface area contributed by atoms with Gasteiger partial charge in [0.25, 0.3) is 0 Å². The number of hydrogen-bond acceptors (Lipinski definition) is 3. The number of hydrazine groups is 1. The molecule has 0 aromatic rings. The van der Waals surface area contributed by atoms with E-state index in [1.807, 2.05) is 0 Å². The smallest absolute Gasteiger partial charge is 0.402 e. The minimum absolute atomic E-state index is 1.12. The number of nitrogens with two attached hydrogens (primary N) is 1. The van der Waals surface area contributed by atoms with Crippen molar-refractivity contribution in [3.8, 4) is 0 Å². The fourth-order valence-corrected chi connectivity index (χ4v) is 1.24. The number of hydrogen-bond donors (Lipinski definition) is 3. The number of amides is 1. The van der Waals surface area contributed by atoms with Crippen molar-refractivity contribution in [2.45, 2.75) is 52.9 Å². The summed E-state index contributed by atoms with van der Waals surface area (Å²) in [6.07, 6.45) is 5.07. The molecule has 0 unspecified atom stereocenters. The van der Waals surface area contributed by atoms with Gasteiger partial charge in [-0.15, -0.1) is 0 Å². The molecule has 0 bridgehead atoms. The number of nitrogens with one attached hydrogen (secondary N) is 1. The van der Waals surface area contributed by atoms with E-state index in [1.165, 1.54) is 45.2 Å². The summed E-state index contributed by atoms with van der Waals surface area (Å²) >= 11 is 0. The van der Waals surface area contributed by atoms with Gasteiger partial charge in [0.05, 0.1) is 0 Å². The molecule has 0 saturated carbocycles. The molecule has 4 N–H and O–H groups in total. The van der Waals surface area contributed by atoms with Gasteiger partial charge in [-0.1, -0.05) is 33.6 Å². The van der Waals surface area contributed by atoms with Crippen molar-refractivity contribution in [3.05, 3.63) is 0 Å². The first-order chi connectivity index (χ1) is 8.08. The quantitative estimate of drug-likeness (QED) is 0.547. The maximum Gasteiger partial charge on any atom is 0.402 e. The first kappa shape index (κ1) is 18.6. The molecule has 0 radical (unpaired) electrons. The zero-order chi connectivity index (χ0) is 13.5. The molecule has 0 heterocycles. The van der Waals surface area contributed by atoms with Gasteiger partial charge >= 0.3 is 6.09 Å². The van der Waals surface area contributed by atoms with Gasteiger partial charge in [0.1, 0.15) is 0 Å². The predicted octanol–water partition coefficient (Wildman–Crippen LogP) is 2.43. The summed E-state index contributed by atoms with van der Waals surface area (Å²) in [7, 11) is 0. The van der Waals surface area contributed by atoms with Crippen LogP contribution in [0.3, 0.4) is 0 Å². The van der Waals surface area contributed by atoms with Gasteiger partial charge in [0.15, 0.2) is 0 Å². The molecule has 0 spiro atoms. The molecule has 17 heavy (non-hydrogen) atoms. The van der Waals surface area contributed by atoms with Crippen LogP contribution in [0.4, 0.5) is 4.79 Å². The highest BCUT2D eigenvalue weighted by atomic mass is 16.4. The Labute approximate surface area is 105 Å². The molecule has 5 nitrogen and oxygen atoms in total. The van der Waals surface area contributed by atoms with Crippen LogP contribution in [-0.2, 0) is 0 Å². The Morgan fingerprint density at radius 2 is 1.53 bits per heavy atom. The first-order valence-corrected chi connectivity index (χ1v) is 6.55. The Morgan fingerprint density at radius 1 is 1.12 bits per heavy atom. The fraction of sp³-hybridized carbons (Fsp3) is 0.917. The molecule has 0 atom stereocenters. The summed E-state index contributed by atoms with van der Waals surface area (Å²) in [6.45, 7) is 10.2. The lowest BCUT2D eigenvalue weighted by atomic mass is 10.3. The maximum absolute atomic E-state index is 8.78. The van der Waals surface area contributed by atoms with Gasteiger partial charge in [-0.3, -0.25) is 5.43 Å². The molecular formula is C12H29N3O2. The maximum atomic E-state index is 8.78. The van der Waals surface area contributed by atoms with Crippen LogP contribution < -0.4 is 11.2 Å². The van der Waals surface area contributed by atoms with Gasteiger partial charge in [0.2, 0.25) is 0 Å². The van der Waals surface area contributed by atoms with E-state index in [0.717, 1.165) is 6.54 Å². The summed E-state index contributed by atoms with van der Waals surface area (Å²) < 4.78 is 0. The average molecular weight is 247 g/mol. The number of rotatable bonds is 9. The van der Waals surface area contributed by atoms with E-state index < -0.39 is 6.09 Å². The normalized spacial score (nSPS) is 9.88. The minimum atomic E-state index is -1.33. The van der Waals surface area contributed by atoms with Gasteiger partial charge in [-0.2, -0.15) is 0 Å². The molecule has 0 aliphatic rings. The Kier molecular flexibility index (Phi) is 16.6. The van der Waals surface area contributed by atoms with Gasteiger partial charge < -0.3 is 10.8 Å². The SMILES string of the molecule is CCCCN(CCCC)NCCC.NC(=O)O. The van der Waals surface area contributed by atoms with E-state index in [4.69, 9.17) is 9.90 Å². The van der Waals surface area contributed by atoms with E-state index in [2.05, 4.69) is 36.9 Å². The molecule has 104 valence electrons. The first-order valence-electron chi connectivity index (χ1n) is 6.55. The largest absolute Gasteiger partial charge is 0.465 e. The number of carbonyl (C=O) groups is 1. The van der Waals surface area contributed by atoms with Crippen molar-refractivity contribution in [2.24, 2.45) is 5.73 Å². The highest BCUT2D eigenvalue weighted by Crippen LogP contribution is 1.95. The highest BCUT2D eigenvalue weighted by Gasteiger charge is 2.00. The van der Waals surface area contributed by atoms with Crippen molar-refractivity contribution in [3.63, 3.8) is 0 Å². The van der Waals surface area contributed by atoms with Crippen LogP contribution in [-0.4, -0.2) is 35.8 Å². The van der Waals surface area contributed by atoms with E-state index in [0.29, 0.717) is 0 Å². The molecule has 0 rings (SSSR count). The van der Waals surface area contributed by atoms with Crippen LogP contribution in [0, 0.1) is 0 Å². The van der Waals surface area contributed by atoms with Crippen LogP contribution in [0.15, 0.2) is 0 Å². The highest BCUT2D eigenvalue weighted by molar-refractivity contribution is 5.61. The summed E-state index contributed by atoms with van der Waals surface area (Å²) in [5.41, 5.74) is 7.50. The van der Waals surface area contributed by atoms with E-state index in [-0.39, 0.29) is 0 Å². The Hall–Kier alpha value is -0.810. The Bertz CT molecular complexity index is 143. The van der Waals surface area contributed by atoms with Crippen molar-refractivity contribution < 1.29 is 9.90 Å². The van der Waals surface area contributed by atoms with E-state index >= 15 is 0 Å². The molecular weight excluding hydrogens is 218 g/mol. The van der Waals surface area contributed by atoms with E-state index in [1.54, 1.807) is 0 Å². The van der Waals surface area contributed by atoms with Crippen molar-refractivity contribution >= 4 is 6.09 Å². The van der Waals surface area contributed by atoms with Crippen molar-refractivity contribution in [1.29, 1.82) is 0 Å². The second-order valence-corrected chi connectivity index (χ2v) is 3.94. The standard InChI is InChI=1S/C11H26N2.CH3NO2/c1-4-7-10-13(11-8-5-2)12-9-6-3;2-1(3)4/h12H,4-11H2,1-3H3;2H2,(H,3,4). The fourth-order valence-electron chi connectivity index (χ4n) is 1.24. The summed E-state index contributed by atoms with van der Waals surface area (Å²) in [5, 5.41) is 9.58. The number of nitrogens with zero attached hydrogens (tertiary/aromatic N) is 1. The average Bonchev–Trinajstić information content (AvgIpc) is 2.27. The summed E-state index contributed by atoms with van der Waals surface area (Å²) in [6, 6.07) is 0. The van der Waals surface area contributed by atoms with Crippen molar-refractivity contribution in [2.75, 3.05) is 19.6 Å². The third-order valence-corrected chi connectivity index (χ3v) is 2.15. The lowest BCUT2D eigenvalue weighted by Gasteiger charge is -2.22. The van der Waals surface area contributed by atoms with Crippen LogP contribution in [0.25, 0.3) is 0 Å². The Morgan fingerprint density at radius 3 is 1.82 bits per heavy atom. The summed E-state index contributed by atoms with van der Waals surface area (Å²) in [5.74, 6) is 0. The zero-order valence-corrected chi connectivity index (χ0v) is 11.5. The molecule has 0 fully saturated rings. The molecule has 0 aliphatic carbocycles. The minimum Gasteiger partial charge on any atom is -0.465 e. The zero-order valence-electron chi connectivity index (χ0n) is 11.5. The number of carboxylic acid groups (broad SMARTS) is 1. The van der Waals surface area contributed by atoms with Crippen LogP contribution in [0.1, 0.15) is 52.9 Å². The van der Waals surface area contributed by atoms with Crippen LogP contribution in [0.2, 0.25) is 0 Å². The lowest BCUT2D eigenvalue weighted by Crippen LogP contribution is -2.39.